The SMILES string of the molecule is Clc1nc(NC2C=C\C=C/C=C\C=C/2)nc(/C2=C/C=C\C=C/C=C\C2)n1. The Morgan fingerprint density at radius 1 is 0.769 bits per heavy atom. The van der Waals surface area contributed by atoms with Gasteiger partial charge in [-0.15, -0.1) is 0 Å². The second kappa shape index (κ2) is 9.49. The third-order valence-corrected chi connectivity index (χ3v) is 3.77. The van der Waals surface area contributed by atoms with Crippen molar-refractivity contribution in [2.24, 2.45) is 0 Å². The summed E-state index contributed by atoms with van der Waals surface area (Å²) in [5.41, 5.74) is 0.972. The predicted molar refractivity (Wildman–Crippen MR) is 109 cm³/mol. The predicted octanol–water partition coefficient (Wildman–Crippen LogP) is 5.00. The monoisotopic (exact) mass is 362 g/mol. The third-order valence-electron chi connectivity index (χ3n) is 3.60. The van der Waals surface area contributed by atoms with Gasteiger partial charge >= 0.3 is 0 Å². The van der Waals surface area contributed by atoms with Gasteiger partial charge in [0.05, 0.1) is 6.04 Å². The van der Waals surface area contributed by atoms with Crippen LogP contribution in [-0.2, 0) is 0 Å². The first-order valence-electron chi connectivity index (χ1n) is 8.37. The van der Waals surface area contributed by atoms with E-state index >= 15 is 0 Å². The summed E-state index contributed by atoms with van der Waals surface area (Å²) in [6.07, 6.45) is 30.5. The number of allylic oxidation sites excluding steroid dienone is 14. The molecule has 0 fully saturated rings. The summed E-state index contributed by atoms with van der Waals surface area (Å²) >= 11 is 6.14. The van der Waals surface area contributed by atoms with Crippen molar-refractivity contribution in [1.29, 1.82) is 0 Å². The van der Waals surface area contributed by atoms with Crippen molar-refractivity contribution in [2.75, 3.05) is 5.32 Å². The average molecular weight is 363 g/mol. The van der Waals surface area contributed by atoms with Crippen LogP contribution in [0, 0.1) is 0 Å². The van der Waals surface area contributed by atoms with Gasteiger partial charge in [0.25, 0.3) is 0 Å². The molecule has 0 spiro atoms. The molecule has 1 N–H and O–H groups in total. The van der Waals surface area contributed by atoms with Crippen LogP contribution in [0.15, 0.2) is 91.1 Å². The van der Waals surface area contributed by atoms with Gasteiger partial charge in [0.15, 0.2) is 5.82 Å². The molecule has 0 bridgehead atoms. The molecular weight excluding hydrogens is 344 g/mol. The molecule has 1 aromatic rings. The van der Waals surface area contributed by atoms with Crippen LogP contribution >= 0.6 is 11.6 Å². The average Bonchev–Trinajstić information content (AvgIpc) is 2.84. The Hall–Kier alpha value is -2.98. The molecular formula is C21H19ClN4. The molecule has 1 aromatic heterocycles. The second-order valence-electron chi connectivity index (χ2n) is 5.56. The van der Waals surface area contributed by atoms with Crippen LogP contribution in [0.5, 0.6) is 0 Å². The van der Waals surface area contributed by atoms with Crippen LogP contribution in [0.2, 0.25) is 5.28 Å². The number of nitrogens with one attached hydrogen (secondary N) is 1. The van der Waals surface area contributed by atoms with E-state index in [0.29, 0.717) is 18.2 Å². The summed E-state index contributed by atoms with van der Waals surface area (Å²) in [4.78, 5) is 13.1. The highest BCUT2D eigenvalue weighted by molar-refractivity contribution is 6.28. The standard InChI is InChI=1S/C21H19ClN4/c22-20-24-19(17-13-9-5-1-2-6-10-14-17)25-21(26-20)23-18-15-11-7-3-4-8-12-16-18/h1-13,15-16,18H,14H2,(H,23,24,25,26)/b2-1-,7-3-,8-4-,9-5-,10-6-,15-11-,16-12?,17-13+. The first-order valence-corrected chi connectivity index (χ1v) is 8.75. The zero-order chi connectivity index (χ0) is 18.0. The number of anilines is 1. The highest BCUT2D eigenvalue weighted by Gasteiger charge is 2.11. The summed E-state index contributed by atoms with van der Waals surface area (Å²) in [6, 6.07) is -0.0489. The Bertz CT molecular complexity index is 848. The number of hydrogen-bond donors (Lipinski definition) is 1. The Balaban J connectivity index is 1.85. The van der Waals surface area contributed by atoms with Crippen molar-refractivity contribution >= 4 is 23.1 Å². The van der Waals surface area contributed by atoms with Gasteiger partial charge in [0.2, 0.25) is 11.2 Å². The Labute approximate surface area is 158 Å². The lowest BCUT2D eigenvalue weighted by Gasteiger charge is -2.12. The highest BCUT2D eigenvalue weighted by atomic mass is 35.5. The van der Waals surface area contributed by atoms with Crippen molar-refractivity contribution in [3.8, 4) is 0 Å². The van der Waals surface area contributed by atoms with Crippen molar-refractivity contribution in [3.63, 3.8) is 0 Å². The van der Waals surface area contributed by atoms with Crippen LogP contribution in [0.3, 0.4) is 0 Å². The van der Waals surface area contributed by atoms with Crippen molar-refractivity contribution in [3.05, 3.63) is 102 Å². The van der Waals surface area contributed by atoms with E-state index in [1.54, 1.807) is 0 Å². The van der Waals surface area contributed by atoms with Crippen LogP contribution in [-0.4, -0.2) is 21.0 Å². The summed E-state index contributed by atoms with van der Waals surface area (Å²) in [5, 5.41) is 3.44. The van der Waals surface area contributed by atoms with Gasteiger partial charge in [0, 0.05) is 5.57 Å². The van der Waals surface area contributed by atoms with Crippen molar-refractivity contribution in [2.45, 2.75) is 12.5 Å². The molecule has 0 saturated heterocycles. The Kier molecular flexibility index (Phi) is 6.51. The third kappa shape index (κ3) is 5.53. The van der Waals surface area contributed by atoms with Crippen LogP contribution in [0.1, 0.15) is 12.2 Å². The lowest BCUT2D eigenvalue weighted by Crippen LogP contribution is -2.17. The lowest BCUT2D eigenvalue weighted by atomic mass is 10.1. The van der Waals surface area contributed by atoms with Gasteiger partial charge in [0.1, 0.15) is 0 Å². The first kappa shape index (κ1) is 17.8. The minimum Gasteiger partial charge on any atom is -0.344 e. The maximum atomic E-state index is 6.14. The molecule has 130 valence electrons. The largest absolute Gasteiger partial charge is 0.344 e. The van der Waals surface area contributed by atoms with E-state index in [1.807, 2.05) is 85.1 Å². The topological polar surface area (TPSA) is 50.7 Å². The van der Waals surface area contributed by atoms with E-state index < -0.39 is 0 Å². The molecule has 2 aliphatic rings. The fraction of sp³-hybridized carbons (Fsp3) is 0.0952. The molecule has 4 nitrogen and oxygen atoms in total. The molecule has 0 aromatic carbocycles. The number of hydrogen-bond acceptors (Lipinski definition) is 4. The number of halogens is 1. The maximum absolute atomic E-state index is 6.14. The molecule has 5 heteroatoms. The molecule has 0 aliphatic heterocycles. The Morgan fingerprint density at radius 3 is 2.19 bits per heavy atom. The molecule has 0 radical (unpaired) electrons. The van der Waals surface area contributed by atoms with Gasteiger partial charge in [-0.25, -0.2) is 0 Å². The van der Waals surface area contributed by atoms with Gasteiger partial charge in [-0.1, -0.05) is 91.1 Å². The molecule has 1 unspecified atom stereocenters. The van der Waals surface area contributed by atoms with E-state index in [4.69, 9.17) is 11.6 Å². The van der Waals surface area contributed by atoms with Gasteiger partial charge in [-0.2, -0.15) is 15.0 Å². The summed E-state index contributed by atoms with van der Waals surface area (Å²) in [6.45, 7) is 0. The fourth-order valence-corrected chi connectivity index (χ4v) is 2.52. The normalized spacial score (nSPS) is 28.5. The number of nitrogens with zero attached hydrogens (tertiary/aromatic N) is 3. The van der Waals surface area contributed by atoms with Crippen molar-refractivity contribution in [1.82, 2.24) is 15.0 Å². The fourth-order valence-electron chi connectivity index (χ4n) is 2.36. The number of rotatable bonds is 3. The van der Waals surface area contributed by atoms with E-state index in [-0.39, 0.29) is 11.3 Å². The summed E-state index contributed by atoms with van der Waals surface area (Å²) in [7, 11) is 0. The van der Waals surface area contributed by atoms with Gasteiger partial charge in [-0.3, -0.25) is 0 Å². The second-order valence-corrected chi connectivity index (χ2v) is 5.89. The molecule has 2 aliphatic carbocycles. The van der Waals surface area contributed by atoms with E-state index in [9.17, 15) is 0 Å². The molecule has 1 heterocycles. The number of aromatic nitrogens is 3. The first-order chi connectivity index (χ1) is 12.8. The minimum atomic E-state index is -0.0489. The van der Waals surface area contributed by atoms with Crippen LogP contribution in [0.25, 0.3) is 5.57 Å². The zero-order valence-corrected chi connectivity index (χ0v) is 14.9. The molecule has 0 amide bonds. The van der Waals surface area contributed by atoms with E-state index in [1.165, 1.54) is 0 Å². The molecule has 1 atom stereocenters. The minimum absolute atomic E-state index is 0.0489. The molecule has 0 saturated carbocycles. The Morgan fingerprint density at radius 2 is 1.42 bits per heavy atom. The summed E-state index contributed by atoms with van der Waals surface area (Å²) in [5.74, 6) is 1.01. The maximum Gasteiger partial charge on any atom is 0.228 e. The summed E-state index contributed by atoms with van der Waals surface area (Å²) < 4.78 is 0. The molecule has 26 heavy (non-hydrogen) atoms. The van der Waals surface area contributed by atoms with Crippen molar-refractivity contribution < 1.29 is 0 Å². The van der Waals surface area contributed by atoms with Crippen LogP contribution in [0.4, 0.5) is 5.95 Å². The highest BCUT2D eigenvalue weighted by Crippen LogP contribution is 2.19. The quantitative estimate of drug-likeness (QED) is 0.822. The smallest absolute Gasteiger partial charge is 0.228 e. The van der Waals surface area contributed by atoms with Gasteiger partial charge < -0.3 is 5.32 Å². The lowest BCUT2D eigenvalue weighted by molar-refractivity contribution is 0.966. The van der Waals surface area contributed by atoms with Gasteiger partial charge in [-0.05, 0) is 18.0 Å². The van der Waals surface area contributed by atoms with E-state index in [2.05, 4.69) is 26.3 Å². The van der Waals surface area contributed by atoms with E-state index in [0.717, 1.165) is 5.57 Å². The zero-order valence-electron chi connectivity index (χ0n) is 14.2. The molecule has 3 rings (SSSR count). The van der Waals surface area contributed by atoms with Crippen LogP contribution < -0.4 is 5.32 Å².